The van der Waals surface area contributed by atoms with E-state index in [1.54, 1.807) is 11.3 Å². The molecule has 0 bridgehead atoms. The van der Waals surface area contributed by atoms with Gasteiger partial charge < -0.3 is 10.6 Å². The maximum absolute atomic E-state index is 4.41. The second-order valence-electron chi connectivity index (χ2n) is 5.30. The van der Waals surface area contributed by atoms with Gasteiger partial charge in [-0.25, -0.2) is 4.98 Å². The summed E-state index contributed by atoms with van der Waals surface area (Å²) in [5.74, 6) is 0. The van der Waals surface area contributed by atoms with Crippen LogP contribution in [0.4, 0.5) is 0 Å². The summed E-state index contributed by atoms with van der Waals surface area (Å²) in [7, 11) is 0. The number of hydrogen-bond acceptors (Lipinski definition) is 4. The van der Waals surface area contributed by atoms with Crippen LogP contribution in [-0.2, 0) is 0 Å². The molecule has 17 heavy (non-hydrogen) atoms. The lowest BCUT2D eigenvalue weighted by Crippen LogP contribution is -2.45. The van der Waals surface area contributed by atoms with Crippen LogP contribution in [0, 0.1) is 5.41 Å². The lowest BCUT2D eigenvalue weighted by atomic mass is 9.82. The van der Waals surface area contributed by atoms with E-state index >= 15 is 0 Å². The van der Waals surface area contributed by atoms with E-state index in [9.17, 15) is 0 Å². The first kappa shape index (κ1) is 13.0. The van der Waals surface area contributed by atoms with Crippen LogP contribution in [0.1, 0.15) is 44.2 Å². The SMILES string of the molecule is CCC(NCC1(C)CCCNC1)c1nccs1. The Morgan fingerprint density at radius 1 is 1.65 bits per heavy atom. The molecular formula is C13H23N3S. The van der Waals surface area contributed by atoms with Crippen molar-refractivity contribution in [3.8, 4) is 0 Å². The van der Waals surface area contributed by atoms with Crippen molar-refractivity contribution in [2.75, 3.05) is 19.6 Å². The number of rotatable bonds is 5. The Kier molecular flexibility index (Phi) is 4.54. The molecule has 0 spiro atoms. The zero-order valence-corrected chi connectivity index (χ0v) is 11.6. The second kappa shape index (κ2) is 5.94. The van der Waals surface area contributed by atoms with E-state index in [0.717, 1.165) is 19.5 Å². The van der Waals surface area contributed by atoms with Crippen molar-refractivity contribution in [3.05, 3.63) is 16.6 Å². The summed E-state index contributed by atoms with van der Waals surface area (Å²) in [5, 5.41) is 10.5. The van der Waals surface area contributed by atoms with Gasteiger partial charge in [0.1, 0.15) is 5.01 Å². The van der Waals surface area contributed by atoms with Crippen LogP contribution >= 0.6 is 11.3 Å². The lowest BCUT2D eigenvalue weighted by Gasteiger charge is -2.35. The fourth-order valence-corrected chi connectivity index (χ4v) is 3.25. The Morgan fingerprint density at radius 3 is 3.12 bits per heavy atom. The summed E-state index contributed by atoms with van der Waals surface area (Å²) in [6, 6.07) is 0.425. The van der Waals surface area contributed by atoms with Gasteiger partial charge in [-0.15, -0.1) is 11.3 Å². The third kappa shape index (κ3) is 3.50. The number of aromatic nitrogens is 1. The van der Waals surface area contributed by atoms with Crippen molar-refractivity contribution < 1.29 is 0 Å². The monoisotopic (exact) mass is 253 g/mol. The maximum Gasteiger partial charge on any atom is 0.109 e. The minimum atomic E-state index is 0.406. The molecule has 0 aromatic carbocycles. The third-order valence-corrected chi connectivity index (χ3v) is 4.51. The molecule has 2 atom stereocenters. The zero-order chi connectivity index (χ0) is 12.1. The molecule has 1 aromatic heterocycles. The smallest absolute Gasteiger partial charge is 0.109 e. The topological polar surface area (TPSA) is 37.0 Å². The van der Waals surface area contributed by atoms with E-state index in [4.69, 9.17) is 0 Å². The fraction of sp³-hybridized carbons (Fsp3) is 0.769. The number of nitrogens with zero attached hydrogens (tertiary/aromatic N) is 1. The van der Waals surface area contributed by atoms with Crippen molar-refractivity contribution in [1.82, 2.24) is 15.6 Å². The van der Waals surface area contributed by atoms with E-state index < -0.39 is 0 Å². The summed E-state index contributed by atoms with van der Waals surface area (Å²) in [4.78, 5) is 4.41. The summed E-state index contributed by atoms with van der Waals surface area (Å²) < 4.78 is 0. The molecule has 0 amide bonds. The van der Waals surface area contributed by atoms with E-state index in [2.05, 4.69) is 34.8 Å². The van der Waals surface area contributed by atoms with Crippen molar-refractivity contribution in [1.29, 1.82) is 0 Å². The number of thiazole rings is 1. The minimum Gasteiger partial charge on any atom is -0.316 e. The highest BCUT2D eigenvalue weighted by Gasteiger charge is 2.27. The van der Waals surface area contributed by atoms with Crippen LogP contribution in [0.25, 0.3) is 0 Å². The lowest BCUT2D eigenvalue weighted by molar-refractivity contribution is 0.217. The molecule has 2 rings (SSSR count). The summed E-state index contributed by atoms with van der Waals surface area (Å²) in [6.07, 6.45) is 5.62. The Hall–Kier alpha value is -0.450. The van der Waals surface area contributed by atoms with Gasteiger partial charge in [-0.3, -0.25) is 0 Å². The molecule has 0 radical (unpaired) electrons. The van der Waals surface area contributed by atoms with Gasteiger partial charge in [0.15, 0.2) is 0 Å². The summed E-state index contributed by atoms with van der Waals surface area (Å²) in [5.41, 5.74) is 0.406. The first-order valence-corrected chi connectivity index (χ1v) is 7.45. The average Bonchev–Trinajstić information content (AvgIpc) is 2.84. The van der Waals surface area contributed by atoms with Crippen LogP contribution in [-0.4, -0.2) is 24.6 Å². The standard InChI is InChI=1S/C13H23N3S/c1-3-11(12-15-7-8-17-12)16-10-13(2)5-4-6-14-9-13/h7-8,11,14,16H,3-6,9-10H2,1-2H3. The Balaban J connectivity index is 1.87. The molecule has 1 fully saturated rings. The summed E-state index contributed by atoms with van der Waals surface area (Å²) in [6.45, 7) is 7.99. The van der Waals surface area contributed by atoms with Crippen molar-refractivity contribution in [3.63, 3.8) is 0 Å². The fourth-order valence-electron chi connectivity index (χ4n) is 2.45. The first-order valence-electron chi connectivity index (χ1n) is 6.57. The number of nitrogens with one attached hydrogen (secondary N) is 2. The van der Waals surface area contributed by atoms with Crippen molar-refractivity contribution in [2.45, 2.75) is 39.2 Å². The molecule has 1 saturated heterocycles. The molecule has 3 nitrogen and oxygen atoms in total. The van der Waals surface area contributed by atoms with E-state index in [1.807, 2.05) is 6.20 Å². The molecule has 4 heteroatoms. The highest BCUT2D eigenvalue weighted by molar-refractivity contribution is 7.09. The number of hydrogen-bond donors (Lipinski definition) is 2. The van der Waals surface area contributed by atoms with E-state index in [1.165, 1.54) is 24.4 Å². The van der Waals surface area contributed by atoms with Crippen LogP contribution in [0.3, 0.4) is 0 Å². The molecule has 2 unspecified atom stereocenters. The van der Waals surface area contributed by atoms with Gasteiger partial charge in [-0.2, -0.15) is 0 Å². The molecule has 1 aliphatic heterocycles. The predicted octanol–water partition coefficient (Wildman–Crippen LogP) is 2.57. The maximum atomic E-state index is 4.41. The van der Waals surface area contributed by atoms with Gasteiger partial charge >= 0.3 is 0 Å². The Bertz CT molecular complexity index is 317. The molecule has 0 aliphatic carbocycles. The molecule has 1 aromatic rings. The van der Waals surface area contributed by atoms with Gasteiger partial charge in [0.2, 0.25) is 0 Å². The van der Waals surface area contributed by atoms with Crippen LogP contribution in [0.5, 0.6) is 0 Å². The zero-order valence-electron chi connectivity index (χ0n) is 10.8. The first-order chi connectivity index (χ1) is 8.23. The van der Waals surface area contributed by atoms with Gasteiger partial charge in [0.25, 0.3) is 0 Å². The van der Waals surface area contributed by atoms with Crippen LogP contribution < -0.4 is 10.6 Å². The summed E-state index contributed by atoms with van der Waals surface area (Å²) >= 11 is 1.75. The van der Waals surface area contributed by atoms with Crippen molar-refractivity contribution >= 4 is 11.3 Å². The Morgan fingerprint density at radius 2 is 2.53 bits per heavy atom. The highest BCUT2D eigenvalue weighted by atomic mass is 32.1. The molecule has 0 saturated carbocycles. The normalized spacial score (nSPS) is 26.9. The molecular weight excluding hydrogens is 230 g/mol. The molecule has 96 valence electrons. The third-order valence-electron chi connectivity index (χ3n) is 3.62. The molecule has 1 aliphatic rings. The molecule has 2 heterocycles. The van der Waals surface area contributed by atoms with Crippen molar-refractivity contribution in [2.24, 2.45) is 5.41 Å². The van der Waals surface area contributed by atoms with Gasteiger partial charge in [-0.1, -0.05) is 13.8 Å². The molecule has 2 N–H and O–H groups in total. The second-order valence-corrected chi connectivity index (χ2v) is 6.23. The van der Waals surface area contributed by atoms with Gasteiger partial charge in [-0.05, 0) is 31.2 Å². The Labute approximate surface area is 108 Å². The van der Waals surface area contributed by atoms with Crippen LogP contribution in [0.15, 0.2) is 11.6 Å². The average molecular weight is 253 g/mol. The van der Waals surface area contributed by atoms with Crippen LogP contribution in [0.2, 0.25) is 0 Å². The quantitative estimate of drug-likeness (QED) is 0.847. The highest BCUT2D eigenvalue weighted by Crippen LogP contribution is 2.26. The van der Waals surface area contributed by atoms with E-state index in [-0.39, 0.29) is 0 Å². The number of piperidine rings is 1. The largest absolute Gasteiger partial charge is 0.316 e. The minimum absolute atomic E-state index is 0.406. The predicted molar refractivity (Wildman–Crippen MR) is 73.4 cm³/mol. The van der Waals surface area contributed by atoms with Gasteiger partial charge in [0.05, 0.1) is 6.04 Å². The van der Waals surface area contributed by atoms with Gasteiger partial charge in [0, 0.05) is 24.7 Å². The van der Waals surface area contributed by atoms with E-state index in [0.29, 0.717) is 11.5 Å².